The summed E-state index contributed by atoms with van der Waals surface area (Å²) >= 11 is 0. The monoisotopic (exact) mass is 876 g/mol. The molecule has 0 radical (unpaired) electrons. The standard InChI is InChI=1S/C47H58N8O6.C2H6O/c1-7-37(54(8-2)45(57)41(53-47(59)60-6)28-12-10-9-11-13-28)44-50-35-18-16-29-21-34-32-17-15-30(20-31(32)24-61-39(34)22-33(29)42(35)52-44)36-23-48-43(51-36)38-19-14-27(5)55(38)46(58)40(26(3)4)49-25-56;1-3-2/h15-18,20-23,25-28,37-38,40-41H,7-14,19,24H2,1-6H3,(H,48,51)(H,49,56)(H,50,52)(H,53,59);1-2H3/t27-,37?,38-,40?,41-;/m0./s1. The highest BCUT2D eigenvalue weighted by molar-refractivity contribution is 6.07. The first-order valence-corrected chi connectivity index (χ1v) is 22.8. The molecule has 5 atom stereocenters. The third kappa shape index (κ3) is 9.17. The number of methoxy groups -OCH3 is 2. The van der Waals surface area contributed by atoms with E-state index in [1.165, 1.54) is 7.11 Å². The fraction of sp³-hybridized carbons (Fsp3) is 0.510. The van der Waals surface area contributed by atoms with Crippen LogP contribution < -0.4 is 15.4 Å². The number of benzene rings is 3. The number of amides is 4. The highest BCUT2D eigenvalue weighted by Crippen LogP contribution is 2.43. The van der Waals surface area contributed by atoms with Crippen molar-refractivity contribution in [1.82, 2.24) is 40.4 Å². The Morgan fingerprint density at radius 3 is 2.44 bits per heavy atom. The summed E-state index contributed by atoms with van der Waals surface area (Å²) in [5.41, 5.74) is 6.66. The van der Waals surface area contributed by atoms with Gasteiger partial charge in [0.15, 0.2) is 0 Å². The Bertz CT molecular complexity index is 2460. The van der Waals surface area contributed by atoms with Crippen molar-refractivity contribution in [3.05, 3.63) is 65.9 Å². The highest BCUT2D eigenvalue weighted by atomic mass is 16.5. The van der Waals surface area contributed by atoms with E-state index in [1.807, 2.05) is 49.8 Å². The number of H-pyrrole nitrogens is 2. The van der Waals surface area contributed by atoms with Crippen LogP contribution in [0, 0.1) is 11.8 Å². The number of fused-ring (bicyclic) bond motifs is 6. The lowest BCUT2D eigenvalue weighted by Gasteiger charge is -2.36. The Hall–Kier alpha value is -5.96. The van der Waals surface area contributed by atoms with Gasteiger partial charge in [-0.2, -0.15) is 0 Å². The molecule has 1 saturated carbocycles. The summed E-state index contributed by atoms with van der Waals surface area (Å²) in [7, 11) is 4.58. The van der Waals surface area contributed by atoms with Crippen LogP contribution in [-0.4, -0.2) is 100 Å². The first-order valence-electron chi connectivity index (χ1n) is 22.8. The van der Waals surface area contributed by atoms with Gasteiger partial charge in [0, 0.05) is 37.8 Å². The van der Waals surface area contributed by atoms with Gasteiger partial charge in [0.05, 0.1) is 42.1 Å². The average molecular weight is 877 g/mol. The van der Waals surface area contributed by atoms with Crippen molar-refractivity contribution in [3.63, 3.8) is 0 Å². The predicted molar refractivity (Wildman–Crippen MR) is 246 cm³/mol. The van der Waals surface area contributed by atoms with Gasteiger partial charge in [-0.25, -0.2) is 14.8 Å². The molecule has 8 rings (SSSR count). The zero-order chi connectivity index (χ0) is 45.7. The molecule has 2 aromatic heterocycles. The molecule has 2 unspecified atom stereocenters. The van der Waals surface area contributed by atoms with Crippen LogP contribution in [0.1, 0.15) is 115 Å². The number of aromatic nitrogens is 4. The predicted octanol–water partition coefficient (Wildman–Crippen LogP) is 8.36. The Balaban J connectivity index is 0.00000199. The van der Waals surface area contributed by atoms with Gasteiger partial charge in [0.2, 0.25) is 18.2 Å². The fourth-order valence-corrected chi connectivity index (χ4v) is 9.99. The molecule has 3 aromatic carbocycles. The van der Waals surface area contributed by atoms with Crippen LogP contribution in [0.3, 0.4) is 0 Å². The molecule has 64 heavy (non-hydrogen) atoms. The van der Waals surface area contributed by atoms with Crippen LogP contribution in [0.4, 0.5) is 4.79 Å². The van der Waals surface area contributed by atoms with Gasteiger partial charge < -0.3 is 44.6 Å². The number of carbonyl (C=O) groups excluding carboxylic acids is 4. The zero-order valence-electron chi connectivity index (χ0n) is 38.5. The average Bonchev–Trinajstić information content (AvgIpc) is 4.07. The second-order valence-electron chi connectivity index (χ2n) is 17.7. The molecule has 1 aliphatic carbocycles. The van der Waals surface area contributed by atoms with Crippen molar-refractivity contribution < 1.29 is 33.4 Å². The van der Waals surface area contributed by atoms with E-state index in [0.717, 1.165) is 106 Å². The summed E-state index contributed by atoms with van der Waals surface area (Å²) in [4.78, 5) is 72.5. The maximum absolute atomic E-state index is 14.3. The van der Waals surface area contributed by atoms with E-state index in [4.69, 9.17) is 19.4 Å². The van der Waals surface area contributed by atoms with E-state index >= 15 is 0 Å². The number of imidazole rings is 2. The molecule has 342 valence electrons. The van der Waals surface area contributed by atoms with Gasteiger partial charge in [-0.05, 0) is 104 Å². The summed E-state index contributed by atoms with van der Waals surface area (Å²) in [6.45, 7) is 10.8. The van der Waals surface area contributed by atoms with Crippen molar-refractivity contribution in [2.75, 3.05) is 27.9 Å². The van der Waals surface area contributed by atoms with Crippen molar-refractivity contribution in [2.24, 2.45) is 11.8 Å². The molecule has 0 spiro atoms. The normalized spacial score (nSPS) is 18.5. The van der Waals surface area contributed by atoms with E-state index in [9.17, 15) is 19.2 Å². The maximum atomic E-state index is 14.3. The third-order valence-corrected chi connectivity index (χ3v) is 13.2. The second kappa shape index (κ2) is 20.3. The smallest absolute Gasteiger partial charge is 0.407 e. The molecular formula is C49H64N8O7. The molecular weight excluding hydrogens is 813 g/mol. The molecule has 3 aliphatic rings. The number of ether oxygens (including phenoxy) is 3. The van der Waals surface area contributed by atoms with Gasteiger partial charge in [0.25, 0.3) is 0 Å². The topological polar surface area (TPSA) is 184 Å². The number of alkyl carbamates (subject to hydrolysis) is 1. The lowest BCUT2D eigenvalue weighted by atomic mass is 9.83. The molecule has 15 heteroatoms. The molecule has 5 aromatic rings. The quantitative estimate of drug-likeness (QED) is 0.0845. The van der Waals surface area contributed by atoms with Crippen molar-refractivity contribution >= 4 is 46.1 Å². The largest absolute Gasteiger partial charge is 0.488 e. The van der Waals surface area contributed by atoms with Gasteiger partial charge in [-0.15, -0.1) is 0 Å². The summed E-state index contributed by atoms with van der Waals surface area (Å²) in [5, 5.41) is 7.58. The Morgan fingerprint density at radius 1 is 0.984 bits per heavy atom. The number of nitrogens with one attached hydrogen (secondary N) is 4. The third-order valence-electron chi connectivity index (χ3n) is 13.2. The Morgan fingerprint density at radius 2 is 1.75 bits per heavy atom. The van der Waals surface area contributed by atoms with Crippen LogP contribution >= 0.6 is 0 Å². The summed E-state index contributed by atoms with van der Waals surface area (Å²) < 4.78 is 15.6. The van der Waals surface area contributed by atoms with Crippen LogP contribution in [0.2, 0.25) is 0 Å². The van der Waals surface area contributed by atoms with Gasteiger partial charge in [0.1, 0.15) is 36.1 Å². The van der Waals surface area contributed by atoms with E-state index in [2.05, 4.69) is 68.7 Å². The van der Waals surface area contributed by atoms with E-state index in [0.29, 0.717) is 31.8 Å². The number of likely N-dealkylation sites (tertiary alicyclic amines) is 1. The van der Waals surface area contributed by atoms with Crippen molar-refractivity contribution in [2.45, 2.75) is 123 Å². The van der Waals surface area contributed by atoms with Crippen LogP contribution in [0.15, 0.2) is 48.7 Å². The number of carbonyl (C=O) groups is 4. The minimum atomic E-state index is -0.661. The Kier molecular flexibility index (Phi) is 14.6. The number of aromatic amines is 2. The molecule has 15 nitrogen and oxygen atoms in total. The maximum Gasteiger partial charge on any atom is 0.407 e. The van der Waals surface area contributed by atoms with Crippen molar-refractivity contribution in [3.8, 4) is 28.1 Å². The number of nitrogens with zero attached hydrogens (tertiary/aromatic N) is 4. The first kappa shape index (κ1) is 46.0. The minimum Gasteiger partial charge on any atom is -0.488 e. The summed E-state index contributed by atoms with van der Waals surface area (Å²) in [6.07, 6.45) is 9.12. The molecule has 2 aliphatic heterocycles. The van der Waals surface area contributed by atoms with Crippen LogP contribution in [0.5, 0.6) is 5.75 Å². The molecule has 4 heterocycles. The van der Waals surface area contributed by atoms with Crippen molar-refractivity contribution in [1.29, 1.82) is 0 Å². The highest BCUT2D eigenvalue weighted by Gasteiger charge is 2.41. The van der Waals surface area contributed by atoms with E-state index in [1.54, 1.807) is 14.2 Å². The SMILES string of the molecule is CCC(c1nc2c(ccc3cc4c(cc32)OCc2cc(-c3cnc([C@@H]5CC[C@H](C)N5C(=O)C(NC=O)C(C)C)[nH]3)ccc2-4)[nH]1)N(CC)C(=O)[C@@H](NC(=O)OC)C1CCCCC1.COC. The number of likely N-dealkylation sites (N-methyl/N-ethyl adjacent to an activating group) is 1. The molecule has 0 bridgehead atoms. The summed E-state index contributed by atoms with van der Waals surface area (Å²) in [6, 6.07) is 13.0. The van der Waals surface area contributed by atoms with Crippen LogP contribution in [0.25, 0.3) is 44.2 Å². The van der Waals surface area contributed by atoms with E-state index < -0.39 is 18.2 Å². The Labute approximate surface area is 375 Å². The molecule has 4 amide bonds. The molecule has 4 N–H and O–H groups in total. The second-order valence-corrected chi connectivity index (χ2v) is 17.7. The number of rotatable bonds is 13. The minimum absolute atomic E-state index is 0.0290. The first-order chi connectivity index (χ1) is 31.0. The van der Waals surface area contributed by atoms with Gasteiger partial charge in [-0.3, -0.25) is 14.4 Å². The molecule has 2 fully saturated rings. The van der Waals surface area contributed by atoms with E-state index in [-0.39, 0.29) is 41.8 Å². The number of hydrogen-bond donors (Lipinski definition) is 4. The lowest BCUT2D eigenvalue weighted by Crippen LogP contribution is -2.53. The number of hydrogen-bond acceptors (Lipinski definition) is 9. The molecule has 1 saturated heterocycles. The van der Waals surface area contributed by atoms with Crippen LogP contribution in [-0.2, 0) is 30.5 Å². The zero-order valence-corrected chi connectivity index (χ0v) is 38.5. The summed E-state index contributed by atoms with van der Waals surface area (Å²) in [5.74, 6) is 2.03. The van der Waals surface area contributed by atoms with Gasteiger partial charge in [-0.1, -0.05) is 58.2 Å². The fourth-order valence-electron chi connectivity index (χ4n) is 9.99. The lowest BCUT2D eigenvalue weighted by molar-refractivity contribution is -0.139. The van der Waals surface area contributed by atoms with Gasteiger partial charge >= 0.3 is 6.09 Å².